The Balaban J connectivity index is 2.11. The van der Waals surface area contributed by atoms with Crippen LogP contribution in [0.15, 0.2) is 34.1 Å². The van der Waals surface area contributed by atoms with Gasteiger partial charge in [0.1, 0.15) is 18.1 Å². The number of benzene rings is 1. The van der Waals surface area contributed by atoms with Gasteiger partial charge in [0.25, 0.3) is 0 Å². The van der Waals surface area contributed by atoms with Crippen LogP contribution in [0.3, 0.4) is 0 Å². The molecule has 0 radical (unpaired) electrons. The van der Waals surface area contributed by atoms with Crippen LogP contribution in [0.4, 0.5) is 0 Å². The highest BCUT2D eigenvalue weighted by atomic mass is 79.9. The van der Waals surface area contributed by atoms with Gasteiger partial charge >= 0.3 is 0 Å². The van der Waals surface area contributed by atoms with Crippen molar-refractivity contribution in [3.05, 3.63) is 44.6 Å². The van der Waals surface area contributed by atoms with Crippen molar-refractivity contribution in [2.45, 2.75) is 26.5 Å². The van der Waals surface area contributed by atoms with Crippen molar-refractivity contribution in [3.63, 3.8) is 0 Å². The fourth-order valence-electron chi connectivity index (χ4n) is 1.89. The third-order valence-electron chi connectivity index (χ3n) is 2.93. The van der Waals surface area contributed by atoms with Crippen molar-refractivity contribution in [3.8, 4) is 11.5 Å². The van der Waals surface area contributed by atoms with Crippen LogP contribution in [0.1, 0.15) is 23.8 Å². The highest BCUT2D eigenvalue weighted by Gasteiger charge is 2.08. The second-order valence-electron chi connectivity index (χ2n) is 4.63. The van der Waals surface area contributed by atoms with E-state index in [0.29, 0.717) is 6.61 Å². The molecule has 1 N–H and O–H groups in total. The van der Waals surface area contributed by atoms with Crippen molar-refractivity contribution < 1.29 is 9.47 Å². The minimum atomic E-state index is 0.562. The monoisotopic (exact) mass is 369 g/mol. The molecule has 2 aromatic rings. The Labute approximate surface area is 138 Å². The maximum absolute atomic E-state index is 6.00. The second-order valence-corrected chi connectivity index (χ2v) is 6.48. The lowest BCUT2D eigenvalue weighted by molar-refractivity contribution is 0.294. The van der Waals surface area contributed by atoms with Gasteiger partial charge in [-0.3, -0.25) is 0 Å². The summed E-state index contributed by atoms with van der Waals surface area (Å²) in [7, 11) is 1.93. The number of hydrogen-bond acceptors (Lipinski definition) is 4. The molecule has 0 spiro atoms. The molecule has 0 unspecified atom stereocenters. The summed E-state index contributed by atoms with van der Waals surface area (Å²) in [5.41, 5.74) is 1.13. The molecule has 0 aliphatic rings. The molecule has 2 rings (SSSR count). The van der Waals surface area contributed by atoms with Gasteiger partial charge < -0.3 is 14.8 Å². The zero-order valence-corrected chi connectivity index (χ0v) is 14.7. The molecule has 0 aliphatic heterocycles. The van der Waals surface area contributed by atoms with E-state index < -0.39 is 0 Å². The first-order chi connectivity index (χ1) is 10.2. The molecular formula is C16H20BrNO2S. The van der Waals surface area contributed by atoms with E-state index >= 15 is 0 Å². The van der Waals surface area contributed by atoms with E-state index in [9.17, 15) is 0 Å². The Morgan fingerprint density at radius 3 is 2.76 bits per heavy atom. The predicted molar refractivity (Wildman–Crippen MR) is 91.3 cm³/mol. The highest BCUT2D eigenvalue weighted by molar-refractivity contribution is 9.10. The zero-order valence-electron chi connectivity index (χ0n) is 12.3. The standard InChI is InChI=1S/C16H20BrNO2S/c1-3-7-19-13-5-4-12(10-18-2)15(9-13)20-11-16-14(17)6-8-21-16/h4-6,8-9,18H,3,7,10-11H2,1-2H3. The maximum atomic E-state index is 6.00. The lowest BCUT2D eigenvalue weighted by atomic mass is 10.2. The van der Waals surface area contributed by atoms with Gasteiger partial charge in [-0.2, -0.15) is 0 Å². The number of thiophene rings is 1. The Morgan fingerprint density at radius 2 is 2.10 bits per heavy atom. The van der Waals surface area contributed by atoms with Gasteiger partial charge in [-0.15, -0.1) is 11.3 Å². The van der Waals surface area contributed by atoms with Crippen molar-refractivity contribution in [1.82, 2.24) is 5.32 Å². The van der Waals surface area contributed by atoms with Gasteiger partial charge in [0.2, 0.25) is 0 Å². The van der Waals surface area contributed by atoms with E-state index in [4.69, 9.17) is 9.47 Å². The predicted octanol–water partition coefficient (Wildman–Crippen LogP) is 4.60. The number of rotatable bonds is 8. The molecule has 1 aromatic heterocycles. The summed E-state index contributed by atoms with van der Waals surface area (Å²) < 4.78 is 12.8. The topological polar surface area (TPSA) is 30.5 Å². The summed E-state index contributed by atoms with van der Waals surface area (Å²) in [4.78, 5) is 1.19. The van der Waals surface area contributed by atoms with Crippen molar-refractivity contribution >= 4 is 27.3 Å². The summed E-state index contributed by atoms with van der Waals surface area (Å²) >= 11 is 5.22. The zero-order chi connectivity index (χ0) is 15.1. The molecule has 0 amide bonds. The molecule has 0 bridgehead atoms. The second kappa shape index (κ2) is 8.41. The number of hydrogen-bond donors (Lipinski definition) is 1. The van der Waals surface area contributed by atoms with Crippen LogP contribution in [-0.4, -0.2) is 13.7 Å². The molecule has 114 valence electrons. The van der Waals surface area contributed by atoms with Crippen LogP contribution in [0.25, 0.3) is 0 Å². The van der Waals surface area contributed by atoms with E-state index in [-0.39, 0.29) is 0 Å². The first-order valence-electron chi connectivity index (χ1n) is 6.99. The fourth-order valence-corrected chi connectivity index (χ4v) is 3.26. The van der Waals surface area contributed by atoms with Crippen molar-refractivity contribution in [2.75, 3.05) is 13.7 Å². The maximum Gasteiger partial charge on any atom is 0.128 e. The Bertz CT molecular complexity index is 571. The highest BCUT2D eigenvalue weighted by Crippen LogP contribution is 2.28. The van der Waals surface area contributed by atoms with Gasteiger partial charge in [-0.05, 0) is 46.9 Å². The Kier molecular flexibility index (Phi) is 6.54. The number of nitrogens with one attached hydrogen (secondary N) is 1. The largest absolute Gasteiger partial charge is 0.493 e. The van der Waals surface area contributed by atoms with Crippen LogP contribution < -0.4 is 14.8 Å². The molecule has 3 nitrogen and oxygen atoms in total. The summed E-state index contributed by atoms with van der Waals surface area (Å²) in [5, 5.41) is 5.22. The van der Waals surface area contributed by atoms with Crippen LogP contribution >= 0.6 is 27.3 Å². The number of ether oxygens (including phenoxy) is 2. The van der Waals surface area contributed by atoms with Gasteiger partial charge in [0.05, 0.1) is 11.5 Å². The molecule has 0 atom stereocenters. The van der Waals surface area contributed by atoms with Crippen LogP contribution in [0, 0.1) is 0 Å². The smallest absolute Gasteiger partial charge is 0.128 e. The van der Waals surface area contributed by atoms with E-state index in [2.05, 4.69) is 39.6 Å². The van der Waals surface area contributed by atoms with Gasteiger partial charge in [0.15, 0.2) is 0 Å². The Morgan fingerprint density at radius 1 is 1.24 bits per heavy atom. The van der Waals surface area contributed by atoms with E-state index in [1.165, 1.54) is 4.88 Å². The average molecular weight is 370 g/mol. The molecule has 0 saturated carbocycles. The quantitative estimate of drug-likeness (QED) is 0.737. The minimum Gasteiger partial charge on any atom is -0.493 e. The summed E-state index contributed by atoms with van der Waals surface area (Å²) in [6.07, 6.45) is 0.997. The molecule has 0 saturated heterocycles. The summed E-state index contributed by atoms with van der Waals surface area (Å²) in [6, 6.07) is 8.07. The molecular weight excluding hydrogens is 350 g/mol. The fraction of sp³-hybridized carbons (Fsp3) is 0.375. The number of halogens is 1. The minimum absolute atomic E-state index is 0.562. The third kappa shape index (κ3) is 4.73. The van der Waals surface area contributed by atoms with Gasteiger partial charge in [0, 0.05) is 22.6 Å². The van der Waals surface area contributed by atoms with Crippen molar-refractivity contribution in [1.29, 1.82) is 0 Å². The Hall–Kier alpha value is -1.04. The lowest BCUT2D eigenvalue weighted by Crippen LogP contribution is -2.08. The molecule has 1 heterocycles. The molecule has 21 heavy (non-hydrogen) atoms. The molecule has 1 aromatic carbocycles. The van der Waals surface area contributed by atoms with E-state index in [1.54, 1.807) is 11.3 Å². The lowest BCUT2D eigenvalue weighted by Gasteiger charge is -2.13. The molecule has 0 fully saturated rings. The van der Waals surface area contributed by atoms with Gasteiger partial charge in [-0.25, -0.2) is 0 Å². The van der Waals surface area contributed by atoms with Crippen molar-refractivity contribution in [2.24, 2.45) is 0 Å². The van der Waals surface area contributed by atoms with E-state index in [0.717, 1.165) is 41.1 Å². The van der Waals surface area contributed by atoms with Gasteiger partial charge in [-0.1, -0.05) is 13.0 Å². The van der Waals surface area contributed by atoms with Crippen LogP contribution in [0.5, 0.6) is 11.5 Å². The van der Waals surface area contributed by atoms with E-state index in [1.807, 2.05) is 25.2 Å². The first kappa shape index (κ1) is 16.3. The van der Waals surface area contributed by atoms with Crippen LogP contribution in [0.2, 0.25) is 0 Å². The first-order valence-corrected chi connectivity index (χ1v) is 8.66. The van der Waals surface area contributed by atoms with Crippen LogP contribution in [-0.2, 0) is 13.2 Å². The molecule has 5 heteroatoms. The molecule has 0 aliphatic carbocycles. The third-order valence-corrected chi connectivity index (χ3v) is 4.83. The normalized spacial score (nSPS) is 10.6. The average Bonchev–Trinajstić information content (AvgIpc) is 2.90. The SMILES string of the molecule is CCCOc1ccc(CNC)c(OCc2sccc2Br)c1. The summed E-state index contributed by atoms with van der Waals surface area (Å²) in [6.45, 7) is 4.16. The summed E-state index contributed by atoms with van der Waals surface area (Å²) in [5.74, 6) is 1.73.